The normalized spacial score (nSPS) is 14.4. The number of hydrogen-bond donors (Lipinski definition) is 2. The Morgan fingerprint density at radius 3 is 2.35 bits per heavy atom. The van der Waals surface area contributed by atoms with E-state index >= 15 is 0 Å². The molecule has 2 aromatic rings. The number of piperazine rings is 1. The van der Waals surface area contributed by atoms with Gasteiger partial charge in [0, 0.05) is 38.8 Å². The summed E-state index contributed by atoms with van der Waals surface area (Å²) < 4.78 is 25.9. The molecule has 26 heavy (non-hydrogen) atoms. The minimum Gasteiger partial charge on any atom is -0.369 e. The summed E-state index contributed by atoms with van der Waals surface area (Å²) >= 11 is 0. The molecular formula is C18H22ClN3O3S. The lowest BCUT2D eigenvalue weighted by Crippen LogP contribution is -2.43. The van der Waals surface area contributed by atoms with Gasteiger partial charge in [-0.2, -0.15) is 0 Å². The van der Waals surface area contributed by atoms with Crippen LogP contribution in [0.2, 0.25) is 0 Å². The number of rotatable bonds is 4. The van der Waals surface area contributed by atoms with Crippen LogP contribution in [0.25, 0.3) is 0 Å². The molecule has 1 fully saturated rings. The molecule has 3 rings (SSSR count). The maximum absolute atomic E-state index is 12.9. The summed E-state index contributed by atoms with van der Waals surface area (Å²) in [7, 11) is -3.71. The highest BCUT2D eigenvalue weighted by molar-refractivity contribution is 7.91. The summed E-state index contributed by atoms with van der Waals surface area (Å²) in [4.78, 5) is 14.1. The second-order valence-electron chi connectivity index (χ2n) is 5.92. The molecule has 0 spiro atoms. The van der Waals surface area contributed by atoms with E-state index < -0.39 is 9.84 Å². The number of sulfone groups is 1. The third-order valence-electron chi connectivity index (χ3n) is 4.10. The van der Waals surface area contributed by atoms with E-state index in [1.807, 2.05) is 0 Å². The van der Waals surface area contributed by atoms with Gasteiger partial charge in [-0.25, -0.2) is 8.42 Å². The van der Waals surface area contributed by atoms with Gasteiger partial charge in [0.15, 0.2) is 0 Å². The molecular weight excluding hydrogens is 374 g/mol. The largest absolute Gasteiger partial charge is 0.369 e. The quantitative estimate of drug-likeness (QED) is 0.830. The molecule has 1 aliphatic heterocycles. The summed E-state index contributed by atoms with van der Waals surface area (Å²) in [5.41, 5.74) is 1.21. The summed E-state index contributed by atoms with van der Waals surface area (Å²) in [6.45, 7) is 4.80. The van der Waals surface area contributed by atoms with Crippen LogP contribution in [0.5, 0.6) is 0 Å². The highest BCUT2D eigenvalue weighted by atomic mass is 35.5. The van der Waals surface area contributed by atoms with E-state index in [4.69, 9.17) is 0 Å². The number of carbonyl (C=O) groups excluding carboxylic acids is 1. The Morgan fingerprint density at radius 1 is 1.08 bits per heavy atom. The van der Waals surface area contributed by atoms with E-state index in [9.17, 15) is 13.2 Å². The van der Waals surface area contributed by atoms with Crippen molar-refractivity contribution in [2.45, 2.75) is 16.7 Å². The van der Waals surface area contributed by atoms with Crippen LogP contribution in [0.3, 0.4) is 0 Å². The number of anilines is 2. The zero-order chi connectivity index (χ0) is 17.9. The number of amides is 1. The number of halogens is 1. The molecule has 8 heteroatoms. The molecule has 0 unspecified atom stereocenters. The van der Waals surface area contributed by atoms with E-state index in [1.165, 1.54) is 6.92 Å². The van der Waals surface area contributed by atoms with Gasteiger partial charge >= 0.3 is 0 Å². The molecule has 0 bridgehead atoms. The van der Waals surface area contributed by atoms with E-state index in [2.05, 4.69) is 15.5 Å². The first kappa shape index (κ1) is 20.2. The first-order chi connectivity index (χ1) is 12.0. The summed E-state index contributed by atoms with van der Waals surface area (Å²) in [6, 6.07) is 13.3. The summed E-state index contributed by atoms with van der Waals surface area (Å²) in [5.74, 6) is -0.304. The fraction of sp³-hybridized carbons (Fsp3) is 0.278. The lowest BCUT2D eigenvalue weighted by molar-refractivity contribution is -0.114. The van der Waals surface area contributed by atoms with Crippen LogP contribution in [0.15, 0.2) is 58.3 Å². The van der Waals surface area contributed by atoms with Crippen LogP contribution < -0.4 is 15.5 Å². The number of nitrogens with one attached hydrogen (secondary N) is 2. The molecule has 0 aromatic heterocycles. The predicted molar refractivity (Wildman–Crippen MR) is 105 cm³/mol. The molecule has 2 N–H and O–H groups in total. The predicted octanol–water partition coefficient (Wildman–Crippen LogP) is 2.31. The number of carbonyl (C=O) groups is 1. The van der Waals surface area contributed by atoms with Gasteiger partial charge in [-0.1, -0.05) is 18.2 Å². The van der Waals surface area contributed by atoms with Crippen LogP contribution in [0.1, 0.15) is 6.92 Å². The summed E-state index contributed by atoms with van der Waals surface area (Å²) in [5, 5.41) is 5.95. The lowest BCUT2D eigenvalue weighted by Gasteiger charge is -2.30. The Labute approximate surface area is 159 Å². The maximum Gasteiger partial charge on any atom is 0.221 e. The van der Waals surface area contributed by atoms with Crippen molar-refractivity contribution in [3.05, 3.63) is 48.5 Å². The van der Waals surface area contributed by atoms with Gasteiger partial charge in [0.2, 0.25) is 15.7 Å². The van der Waals surface area contributed by atoms with Crippen LogP contribution in [-0.2, 0) is 14.6 Å². The van der Waals surface area contributed by atoms with Crippen molar-refractivity contribution in [3.8, 4) is 0 Å². The van der Waals surface area contributed by atoms with Gasteiger partial charge in [-0.3, -0.25) is 4.79 Å². The van der Waals surface area contributed by atoms with E-state index in [0.29, 0.717) is 5.69 Å². The van der Waals surface area contributed by atoms with Crippen molar-refractivity contribution in [3.63, 3.8) is 0 Å². The Kier molecular flexibility index (Phi) is 6.63. The van der Waals surface area contributed by atoms with Gasteiger partial charge < -0.3 is 15.5 Å². The SMILES string of the molecule is CC(=O)Nc1cc(N2CCNCC2)ccc1S(=O)(=O)c1ccccc1.Cl. The van der Waals surface area contributed by atoms with Crippen molar-refractivity contribution in [1.82, 2.24) is 5.32 Å². The fourth-order valence-corrected chi connectivity index (χ4v) is 4.30. The minimum absolute atomic E-state index is 0. The average Bonchev–Trinajstić information content (AvgIpc) is 2.62. The molecule has 2 aromatic carbocycles. The van der Waals surface area contributed by atoms with Crippen LogP contribution in [0.4, 0.5) is 11.4 Å². The number of benzene rings is 2. The van der Waals surface area contributed by atoms with Crippen LogP contribution >= 0.6 is 12.4 Å². The number of hydrogen-bond acceptors (Lipinski definition) is 5. The molecule has 1 saturated heterocycles. The minimum atomic E-state index is -3.71. The second kappa shape index (κ2) is 8.53. The molecule has 0 aliphatic carbocycles. The van der Waals surface area contributed by atoms with Crippen molar-refractivity contribution >= 4 is 39.5 Å². The molecule has 1 heterocycles. The first-order valence-electron chi connectivity index (χ1n) is 8.16. The van der Waals surface area contributed by atoms with Crippen molar-refractivity contribution in [2.75, 3.05) is 36.4 Å². The molecule has 0 saturated carbocycles. The van der Waals surface area contributed by atoms with Gasteiger partial charge in [-0.15, -0.1) is 12.4 Å². The smallest absolute Gasteiger partial charge is 0.221 e. The van der Waals surface area contributed by atoms with Crippen molar-refractivity contribution in [1.29, 1.82) is 0 Å². The van der Waals surface area contributed by atoms with E-state index in [-0.39, 0.29) is 28.1 Å². The average molecular weight is 396 g/mol. The highest BCUT2D eigenvalue weighted by Gasteiger charge is 2.23. The zero-order valence-electron chi connectivity index (χ0n) is 14.4. The zero-order valence-corrected chi connectivity index (χ0v) is 16.1. The Hall–Kier alpha value is -2.09. The van der Waals surface area contributed by atoms with Crippen LogP contribution in [0, 0.1) is 0 Å². The monoisotopic (exact) mass is 395 g/mol. The fourth-order valence-electron chi connectivity index (χ4n) is 2.89. The Morgan fingerprint density at radius 2 is 1.73 bits per heavy atom. The lowest BCUT2D eigenvalue weighted by atomic mass is 10.2. The molecule has 0 radical (unpaired) electrons. The number of nitrogens with zero attached hydrogens (tertiary/aromatic N) is 1. The van der Waals surface area contributed by atoms with Gasteiger partial charge in [0.1, 0.15) is 0 Å². The van der Waals surface area contributed by atoms with E-state index in [1.54, 1.807) is 48.5 Å². The third kappa shape index (κ3) is 4.35. The molecule has 0 atom stereocenters. The molecule has 1 amide bonds. The third-order valence-corrected chi connectivity index (χ3v) is 5.93. The van der Waals surface area contributed by atoms with E-state index in [0.717, 1.165) is 31.9 Å². The first-order valence-corrected chi connectivity index (χ1v) is 9.64. The summed E-state index contributed by atoms with van der Waals surface area (Å²) in [6.07, 6.45) is 0. The van der Waals surface area contributed by atoms with Gasteiger partial charge in [0.05, 0.1) is 15.5 Å². The second-order valence-corrected chi connectivity index (χ2v) is 7.83. The highest BCUT2D eigenvalue weighted by Crippen LogP contribution is 2.31. The van der Waals surface area contributed by atoms with Crippen molar-refractivity contribution < 1.29 is 13.2 Å². The molecule has 6 nitrogen and oxygen atoms in total. The van der Waals surface area contributed by atoms with Gasteiger partial charge in [-0.05, 0) is 30.3 Å². The van der Waals surface area contributed by atoms with Crippen LogP contribution in [-0.4, -0.2) is 40.5 Å². The topological polar surface area (TPSA) is 78.5 Å². The maximum atomic E-state index is 12.9. The molecule has 140 valence electrons. The Bertz CT molecular complexity index is 867. The molecule has 1 aliphatic rings. The Balaban J connectivity index is 0.00000243. The van der Waals surface area contributed by atoms with Gasteiger partial charge in [0.25, 0.3) is 0 Å². The standard InChI is InChI=1S/C18H21N3O3S.ClH/c1-14(22)20-17-13-15(21-11-9-19-10-12-21)7-8-18(17)25(23,24)16-5-3-2-4-6-16;/h2-8,13,19H,9-12H2,1H3,(H,20,22);1H. The van der Waals surface area contributed by atoms with Crippen molar-refractivity contribution in [2.24, 2.45) is 0 Å².